The van der Waals surface area contributed by atoms with Gasteiger partial charge in [0.15, 0.2) is 11.6 Å². The van der Waals surface area contributed by atoms with E-state index in [2.05, 4.69) is 0 Å². The molecule has 27 heavy (non-hydrogen) atoms. The van der Waals surface area contributed by atoms with Gasteiger partial charge in [-0.25, -0.2) is 13.6 Å². The number of carbonyl (C=O) groups is 1. The summed E-state index contributed by atoms with van der Waals surface area (Å²) in [6.45, 7) is -0.0775. The molecular weight excluding hydrogens is 370 g/mol. The van der Waals surface area contributed by atoms with Crippen LogP contribution in [0.4, 0.5) is 8.78 Å². The molecule has 0 aliphatic heterocycles. The first-order chi connectivity index (χ1) is 13.1. The fourth-order valence-corrected chi connectivity index (χ4v) is 3.14. The molecular formula is C21H16F2O3S. The highest BCUT2D eigenvalue weighted by molar-refractivity contribution is 7.11. The average Bonchev–Trinajstić information content (AvgIpc) is 3.20. The topological polar surface area (TPSA) is 35.5 Å². The van der Waals surface area contributed by atoms with E-state index in [1.165, 1.54) is 42.7 Å². The zero-order valence-corrected chi connectivity index (χ0v) is 15.3. The van der Waals surface area contributed by atoms with Crippen LogP contribution in [0.3, 0.4) is 0 Å². The molecule has 2 aromatic carbocycles. The number of ether oxygens (including phenoxy) is 2. The summed E-state index contributed by atoms with van der Waals surface area (Å²) in [6.07, 6.45) is 1.64. The molecule has 1 heterocycles. The molecule has 1 aromatic heterocycles. The molecule has 3 nitrogen and oxygen atoms in total. The highest BCUT2D eigenvalue weighted by atomic mass is 32.1. The maximum atomic E-state index is 13.8. The Kier molecular flexibility index (Phi) is 5.98. The van der Waals surface area contributed by atoms with E-state index >= 15 is 0 Å². The summed E-state index contributed by atoms with van der Waals surface area (Å²) < 4.78 is 37.1. The number of benzene rings is 2. The minimum Gasteiger partial charge on any atom is -0.494 e. The molecule has 0 aliphatic rings. The van der Waals surface area contributed by atoms with Gasteiger partial charge < -0.3 is 9.47 Å². The number of carbonyl (C=O) groups excluding carboxylic acids is 1. The number of thiophene rings is 1. The van der Waals surface area contributed by atoms with E-state index < -0.39 is 11.8 Å². The van der Waals surface area contributed by atoms with Gasteiger partial charge in [0.05, 0.1) is 12.7 Å². The third-order valence-corrected chi connectivity index (χ3v) is 4.68. The van der Waals surface area contributed by atoms with Gasteiger partial charge in [-0.05, 0) is 52.9 Å². The van der Waals surface area contributed by atoms with Crippen LogP contribution in [0.25, 0.3) is 11.6 Å². The van der Waals surface area contributed by atoms with Gasteiger partial charge >= 0.3 is 5.97 Å². The summed E-state index contributed by atoms with van der Waals surface area (Å²) in [5.41, 5.74) is 1.53. The normalized spacial score (nSPS) is 11.3. The maximum absolute atomic E-state index is 13.8. The van der Waals surface area contributed by atoms with Gasteiger partial charge in [0.25, 0.3) is 0 Å². The number of hydrogen-bond acceptors (Lipinski definition) is 4. The van der Waals surface area contributed by atoms with Crippen LogP contribution >= 0.6 is 11.3 Å². The summed E-state index contributed by atoms with van der Waals surface area (Å²) in [4.78, 5) is 13.3. The first-order valence-electron chi connectivity index (χ1n) is 8.07. The Morgan fingerprint density at radius 1 is 1.11 bits per heavy atom. The lowest BCUT2D eigenvalue weighted by Crippen LogP contribution is -2.07. The molecule has 0 spiro atoms. The van der Waals surface area contributed by atoms with Gasteiger partial charge in [-0.15, -0.1) is 11.3 Å². The molecule has 0 atom stereocenters. The van der Waals surface area contributed by atoms with E-state index in [1.807, 2.05) is 11.4 Å². The zero-order valence-electron chi connectivity index (χ0n) is 14.4. The molecule has 0 aliphatic carbocycles. The zero-order chi connectivity index (χ0) is 19.2. The third-order valence-electron chi connectivity index (χ3n) is 3.77. The Balaban J connectivity index is 1.79. The van der Waals surface area contributed by atoms with Gasteiger partial charge in [-0.1, -0.05) is 24.3 Å². The minimum absolute atomic E-state index is 0.0775. The maximum Gasteiger partial charge on any atom is 0.339 e. The Bertz CT molecular complexity index is 948. The lowest BCUT2D eigenvalue weighted by Gasteiger charge is -2.09. The summed E-state index contributed by atoms with van der Waals surface area (Å²) >= 11 is 1.39. The number of rotatable bonds is 6. The lowest BCUT2D eigenvalue weighted by atomic mass is 10.1. The Morgan fingerprint density at radius 2 is 1.89 bits per heavy atom. The van der Waals surface area contributed by atoms with Crippen molar-refractivity contribution in [2.75, 3.05) is 7.11 Å². The first kappa shape index (κ1) is 18.8. The molecule has 0 saturated heterocycles. The lowest BCUT2D eigenvalue weighted by molar-refractivity contribution is -0.137. The van der Waals surface area contributed by atoms with E-state index in [0.717, 1.165) is 4.88 Å². The van der Waals surface area contributed by atoms with Crippen LogP contribution in [0, 0.1) is 11.6 Å². The van der Waals surface area contributed by atoms with Gasteiger partial charge in [0.2, 0.25) is 0 Å². The first-order valence-corrected chi connectivity index (χ1v) is 8.95. The van der Waals surface area contributed by atoms with Crippen molar-refractivity contribution in [1.29, 1.82) is 0 Å². The quantitative estimate of drug-likeness (QED) is 0.425. The highest BCUT2D eigenvalue weighted by Crippen LogP contribution is 2.25. The molecule has 0 fully saturated rings. The van der Waals surface area contributed by atoms with Crippen molar-refractivity contribution in [3.63, 3.8) is 0 Å². The van der Waals surface area contributed by atoms with Crippen molar-refractivity contribution in [2.45, 2.75) is 6.61 Å². The number of esters is 1. The van der Waals surface area contributed by atoms with Crippen molar-refractivity contribution in [2.24, 2.45) is 0 Å². The third kappa shape index (κ3) is 4.80. The molecule has 0 saturated carbocycles. The molecule has 3 aromatic rings. The van der Waals surface area contributed by atoms with Crippen molar-refractivity contribution in [3.05, 3.63) is 87.6 Å². The van der Waals surface area contributed by atoms with Crippen LogP contribution < -0.4 is 4.74 Å². The van der Waals surface area contributed by atoms with Gasteiger partial charge in [0, 0.05) is 4.88 Å². The van der Waals surface area contributed by atoms with Crippen molar-refractivity contribution < 1.29 is 23.0 Å². The molecule has 138 valence electrons. The van der Waals surface area contributed by atoms with Crippen molar-refractivity contribution in [3.8, 4) is 5.75 Å². The number of halogens is 2. The molecule has 0 radical (unpaired) electrons. The summed E-state index contributed by atoms with van der Waals surface area (Å²) in [7, 11) is 1.38. The predicted octanol–water partition coefficient (Wildman–Crippen LogP) is 5.32. The predicted molar refractivity (Wildman–Crippen MR) is 101 cm³/mol. The Labute approximate surface area is 159 Å². The SMILES string of the molecule is COc1ccc(COC(=O)/C(=C/c2ccc(F)cc2)c2cccs2)cc1F. The van der Waals surface area contributed by atoms with E-state index in [9.17, 15) is 13.6 Å². The fourth-order valence-electron chi connectivity index (χ4n) is 2.41. The number of hydrogen-bond donors (Lipinski definition) is 0. The molecule has 6 heteroatoms. The Hall–Kier alpha value is -2.99. The van der Waals surface area contributed by atoms with Gasteiger partial charge in [-0.3, -0.25) is 0 Å². The monoisotopic (exact) mass is 386 g/mol. The molecule has 3 rings (SSSR count). The van der Waals surface area contributed by atoms with Gasteiger partial charge in [-0.2, -0.15) is 0 Å². The largest absolute Gasteiger partial charge is 0.494 e. The second-order valence-electron chi connectivity index (χ2n) is 5.63. The van der Waals surface area contributed by atoms with Crippen LogP contribution in [0.1, 0.15) is 16.0 Å². The van der Waals surface area contributed by atoms with E-state index in [4.69, 9.17) is 9.47 Å². The van der Waals surface area contributed by atoms with Crippen LogP contribution in [-0.4, -0.2) is 13.1 Å². The molecule has 0 unspecified atom stereocenters. The Morgan fingerprint density at radius 3 is 2.52 bits per heavy atom. The molecule has 0 bridgehead atoms. The smallest absolute Gasteiger partial charge is 0.339 e. The van der Waals surface area contributed by atoms with E-state index in [1.54, 1.807) is 30.3 Å². The highest BCUT2D eigenvalue weighted by Gasteiger charge is 2.16. The summed E-state index contributed by atoms with van der Waals surface area (Å²) in [6, 6.07) is 13.8. The number of methoxy groups -OCH3 is 1. The second-order valence-corrected chi connectivity index (χ2v) is 6.58. The summed E-state index contributed by atoms with van der Waals surface area (Å²) in [5, 5.41) is 1.85. The molecule has 0 amide bonds. The summed E-state index contributed by atoms with van der Waals surface area (Å²) in [5.74, 6) is -1.29. The average molecular weight is 386 g/mol. The fraction of sp³-hybridized carbons (Fsp3) is 0.0952. The standard InChI is InChI=1S/C21H16F2O3S/c1-25-19-9-6-15(12-18(19)23)13-26-21(24)17(20-3-2-10-27-20)11-14-4-7-16(22)8-5-14/h2-12H,13H2,1H3/b17-11+. The van der Waals surface area contributed by atoms with Crippen LogP contribution in [0.2, 0.25) is 0 Å². The molecule has 0 N–H and O–H groups in total. The second kappa shape index (κ2) is 8.60. The van der Waals surface area contributed by atoms with Crippen molar-refractivity contribution >= 4 is 29.0 Å². The van der Waals surface area contributed by atoms with E-state index in [-0.39, 0.29) is 18.2 Å². The van der Waals surface area contributed by atoms with Crippen LogP contribution in [0.5, 0.6) is 5.75 Å². The van der Waals surface area contributed by atoms with Gasteiger partial charge in [0.1, 0.15) is 12.4 Å². The van der Waals surface area contributed by atoms with Crippen LogP contribution in [0.15, 0.2) is 60.0 Å². The van der Waals surface area contributed by atoms with Crippen LogP contribution in [-0.2, 0) is 16.1 Å². The van der Waals surface area contributed by atoms with E-state index in [0.29, 0.717) is 16.7 Å². The minimum atomic E-state index is -0.544. The van der Waals surface area contributed by atoms with Crippen molar-refractivity contribution in [1.82, 2.24) is 0 Å².